The van der Waals surface area contributed by atoms with Crippen molar-refractivity contribution in [3.05, 3.63) is 16.6 Å². The quantitative estimate of drug-likeness (QED) is 0.737. The Kier molecular flexibility index (Phi) is 6.10. The number of ether oxygens (including phenoxy) is 2. The molecular formula is C11H18N2O3S. The second-order valence-corrected chi connectivity index (χ2v) is 4.61. The van der Waals surface area contributed by atoms with E-state index in [1.165, 1.54) is 11.5 Å². The van der Waals surface area contributed by atoms with Crippen LogP contribution in [0.25, 0.3) is 0 Å². The summed E-state index contributed by atoms with van der Waals surface area (Å²) < 4.78 is 14.1. The number of aryl methyl sites for hydroxylation is 1. The number of nitrogens with zero attached hydrogens (tertiary/aromatic N) is 2. The molecule has 5 nitrogen and oxygen atoms in total. The van der Waals surface area contributed by atoms with E-state index in [1.54, 1.807) is 25.2 Å². The van der Waals surface area contributed by atoms with Gasteiger partial charge in [-0.2, -0.15) is 4.37 Å². The van der Waals surface area contributed by atoms with Crippen LogP contribution in [-0.2, 0) is 9.47 Å². The molecule has 0 N–H and O–H groups in total. The van der Waals surface area contributed by atoms with Crippen LogP contribution in [-0.4, -0.2) is 55.7 Å². The number of hydrogen-bond donors (Lipinski definition) is 0. The Morgan fingerprint density at radius 3 is 2.35 bits per heavy atom. The molecule has 1 rings (SSSR count). The van der Waals surface area contributed by atoms with E-state index in [4.69, 9.17) is 9.47 Å². The van der Waals surface area contributed by atoms with Crippen molar-refractivity contribution in [3.63, 3.8) is 0 Å². The zero-order valence-electron chi connectivity index (χ0n) is 10.4. The lowest BCUT2D eigenvalue weighted by atomic mass is 10.3. The van der Waals surface area contributed by atoms with Gasteiger partial charge < -0.3 is 14.4 Å². The van der Waals surface area contributed by atoms with Gasteiger partial charge in [-0.05, 0) is 24.5 Å². The first-order chi connectivity index (χ1) is 8.19. The molecule has 1 amide bonds. The second-order valence-electron chi connectivity index (χ2n) is 3.60. The molecule has 0 saturated heterocycles. The van der Waals surface area contributed by atoms with Gasteiger partial charge in [-0.15, -0.1) is 0 Å². The highest BCUT2D eigenvalue weighted by molar-refractivity contribution is 7.05. The van der Waals surface area contributed by atoms with Crippen molar-refractivity contribution >= 4 is 17.4 Å². The Balaban J connectivity index is 2.64. The molecule has 96 valence electrons. The average molecular weight is 258 g/mol. The molecule has 0 fully saturated rings. The van der Waals surface area contributed by atoms with Crippen LogP contribution in [0.4, 0.5) is 0 Å². The largest absolute Gasteiger partial charge is 0.383 e. The Hall–Kier alpha value is -0.980. The number of methoxy groups -OCH3 is 2. The topological polar surface area (TPSA) is 51.7 Å². The van der Waals surface area contributed by atoms with Crippen molar-refractivity contribution in [2.24, 2.45) is 0 Å². The third-order valence-electron chi connectivity index (χ3n) is 2.26. The fraction of sp³-hybridized carbons (Fsp3) is 0.636. The minimum absolute atomic E-state index is 0.0662. The van der Waals surface area contributed by atoms with Crippen LogP contribution in [0.3, 0.4) is 0 Å². The Labute approximate surface area is 106 Å². The molecule has 0 spiro atoms. The second kappa shape index (κ2) is 7.37. The van der Waals surface area contributed by atoms with Gasteiger partial charge in [-0.25, -0.2) is 0 Å². The summed E-state index contributed by atoms with van der Waals surface area (Å²) in [5, 5.41) is 0. The monoisotopic (exact) mass is 258 g/mol. The Morgan fingerprint density at radius 2 is 1.94 bits per heavy atom. The van der Waals surface area contributed by atoms with E-state index in [-0.39, 0.29) is 5.91 Å². The molecule has 0 aliphatic heterocycles. The highest BCUT2D eigenvalue weighted by Crippen LogP contribution is 2.10. The van der Waals surface area contributed by atoms with E-state index < -0.39 is 0 Å². The summed E-state index contributed by atoms with van der Waals surface area (Å²) in [7, 11) is 3.23. The van der Waals surface area contributed by atoms with E-state index in [0.29, 0.717) is 32.0 Å². The number of aromatic nitrogens is 1. The normalized spacial score (nSPS) is 10.5. The van der Waals surface area contributed by atoms with Gasteiger partial charge in [-0.1, -0.05) is 0 Å². The summed E-state index contributed by atoms with van der Waals surface area (Å²) >= 11 is 1.34. The SMILES string of the molecule is COCCN(CCOC)C(=O)c1cc(C)sn1. The van der Waals surface area contributed by atoms with Gasteiger partial charge in [-0.3, -0.25) is 4.79 Å². The van der Waals surface area contributed by atoms with Gasteiger partial charge in [0.05, 0.1) is 13.2 Å². The molecule has 1 aromatic heterocycles. The summed E-state index contributed by atoms with van der Waals surface area (Å²) in [6.45, 7) is 4.06. The smallest absolute Gasteiger partial charge is 0.273 e. The maximum Gasteiger partial charge on any atom is 0.273 e. The van der Waals surface area contributed by atoms with Gasteiger partial charge in [0.1, 0.15) is 5.69 Å². The van der Waals surface area contributed by atoms with Gasteiger partial charge in [0.2, 0.25) is 0 Å². The van der Waals surface area contributed by atoms with Gasteiger partial charge >= 0.3 is 0 Å². The third-order valence-corrected chi connectivity index (χ3v) is 2.96. The molecular weight excluding hydrogens is 240 g/mol. The molecule has 1 heterocycles. The van der Waals surface area contributed by atoms with Crippen LogP contribution in [0, 0.1) is 6.92 Å². The van der Waals surface area contributed by atoms with E-state index in [0.717, 1.165) is 4.88 Å². The molecule has 0 radical (unpaired) electrons. The fourth-order valence-electron chi connectivity index (χ4n) is 1.35. The maximum atomic E-state index is 12.1. The highest BCUT2D eigenvalue weighted by Gasteiger charge is 2.17. The summed E-state index contributed by atoms with van der Waals surface area (Å²) in [4.78, 5) is 14.9. The summed E-state index contributed by atoms with van der Waals surface area (Å²) in [6.07, 6.45) is 0. The summed E-state index contributed by atoms with van der Waals surface area (Å²) in [6, 6.07) is 1.81. The highest BCUT2D eigenvalue weighted by atomic mass is 32.1. The van der Waals surface area contributed by atoms with Crippen LogP contribution in [0.15, 0.2) is 6.07 Å². The van der Waals surface area contributed by atoms with Crippen molar-refractivity contribution in [1.29, 1.82) is 0 Å². The van der Waals surface area contributed by atoms with Crippen LogP contribution in [0.2, 0.25) is 0 Å². The maximum absolute atomic E-state index is 12.1. The number of carbonyl (C=O) groups excluding carboxylic acids is 1. The lowest BCUT2D eigenvalue weighted by Crippen LogP contribution is -2.36. The molecule has 0 atom stereocenters. The standard InChI is InChI=1S/C11H18N2O3S/c1-9-8-10(12-17-9)11(14)13(4-6-15-2)5-7-16-3/h8H,4-7H2,1-3H3. The molecule has 1 aromatic rings. The number of amides is 1. The first kappa shape index (κ1) is 14.1. The molecule has 0 unspecified atom stereocenters. The third kappa shape index (κ3) is 4.41. The Bertz CT molecular complexity index is 346. The van der Waals surface area contributed by atoms with Crippen molar-refractivity contribution in [3.8, 4) is 0 Å². The predicted molar refractivity (Wildman–Crippen MR) is 66.5 cm³/mol. The lowest BCUT2D eigenvalue weighted by Gasteiger charge is -2.20. The molecule has 0 saturated carbocycles. The summed E-state index contributed by atoms with van der Waals surface area (Å²) in [5.74, 6) is -0.0662. The average Bonchev–Trinajstić information content (AvgIpc) is 2.75. The molecule has 17 heavy (non-hydrogen) atoms. The lowest BCUT2D eigenvalue weighted by molar-refractivity contribution is 0.0623. The first-order valence-corrected chi connectivity index (χ1v) is 6.17. The van der Waals surface area contributed by atoms with Crippen molar-refractivity contribution in [2.45, 2.75) is 6.92 Å². The summed E-state index contributed by atoms with van der Waals surface area (Å²) in [5.41, 5.74) is 0.500. The molecule has 0 aromatic carbocycles. The van der Waals surface area contributed by atoms with Crippen molar-refractivity contribution < 1.29 is 14.3 Å². The number of carbonyl (C=O) groups is 1. The van der Waals surface area contributed by atoms with Gasteiger partial charge in [0, 0.05) is 32.2 Å². The van der Waals surface area contributed by atoms with E-state index in [9.17, 15) is 4.79 Å². The molecule has 0 aliphatic rings. The molecule has 0 bridgehead atoms. The number of rotatable bonds is 7. The van der Waals surface area contributed by atoms with Crippen LogP contribution < -0.4 is 0 Å². The van der Waals surface area contributed by atoms with Crippen molar-refractivity contribution in [2.75, 3.05) is 40.5 Å². The van der Waals surface area contributed by atoms with Gasteiger partial charge in [0.25, 0.3) is 5.91 Å². The zero-order valence-corrected chi connectivity index (χ0v) is 11.2. The van der Waals surface area contributed by atoms with E-state index in [1.807, 2.05) is 6.92 Å². The fourth-order valence-corrected chi connectivity index (χ4v) is 1.88. The zero-order chi connectivity index (χ0) is 12.7. The van der Waals surface area contributed by atoms with E-state index in [2.05, 4.69) is 4.37 Å². The van der Waals surface area contributed by atoms with Crippen LogP contribution >= 0.6 is 11.5 Å². The molecule has 0 aliphatic carbocycles. The number of hydrogen-bond acceptors (Lipinski definition) is 5. The van der Waals surface area contributed by atoms with Crippen LogP contribution in [0.1, 0.15) is 15.4 Å². The first-order valence-electron chi connectivity index (χ1n) is 5.39. The minimum atomic E-state index is -0.0662. The molecule has 6 heteroatoms. The van der Waals surface area contributed by atoms with E-state index >= 15 is 0 Å². The van der Waals surface area contributed by atoms with Crippen LogP contribution in [0.5, 0.6) is 0 Å². The van der Waals surface area contributed by atoms with Crippen molar-refractivity contribution in [1.82, 2.24) is 9.27 Å². The predicted octanol–water partition coefficient (Wildman–Crippen LogP) is 1.19. The van der Waals surface area contributed by atoms with Gasteiger partial charge in [0.15, 0.2) is 0 Å². The minimum Gasteiger partial charge on any atom is -0.383 e. The Morgan fingerprint density at radius 1 is 1.35 bits per heavy atom.